The van der Waals surface area contributed by atoms with Crippen molar-refractivity contribution in [2.45, 2.75) is 6.42 Å². The Kier molecular flexibility index (Phi) is 2.56. The second-order valence-corrected chi connectivity index (χ2v) is 4.02. The van der Waals surface area contributed by atoms with E-state index in [-0.39, 0.29) is 6.61 Å². The Morgan fingerprint density at radius 1 is 1.50 bits per heavy atom. The number of aliphatic hydroxyl groups excluding tert-OH is 1. The average Bonchev–Trinajstić information content (AvgIpc) is 2.46. The van der Waals surface area contributed by atoms with Crippen molar-refractivity contribution in [3.63, 3.8) is 0 Å². The Morgan fingerprint density at radius 2 is 2.29 bits per heavy atom. The number of hydrogen-bond acceptors (Lipinski definition) is 2. The van der Waals surface area contributed by atoms with Crippen molar-refractivity contribution in [3.05, 3.63) is 28.5 Å². The number of rotatable bonds is 2. The highest BCUT2D eigenvalue weighted by atomic mass is 79.9. The van der Waals surface area contributed by atoms with Crippen LogP contribution >= 0.6 is 15.9 Å². The van der Waals surface area contributed by atoms with Crippen LogP contribution in [0.4, 0.5) is 0 Å². The Morgan fingerprint density at radius 3 is 2.93 bits per heavy atom. The number of para-hydroxylation sites is 1. The van der Waals surface area contributed by atoms with Crippen LogP contribution in [0.1, 0.15) is 5.82 Å². The van der Waals surface area contributed by atoms with Gasteiger partial charge in [-0.2, -0.15) is 0 Å². The topological polar surface area (TPSA) is 38.0 Å². The van der Waals surface area contributed by atoms with Crippen LogP contribution in [0.5, 0.6) is 0 Å². The van der Waals surface area contributed by atoms with Crippen LogP contribution in [0.2, 0.25) is 0 Å². The summed E-state index contributed by atoms with van der Waals surface area (Å²) in [5.74, 6) is 0.911. The molecule has 2 rings (SSSR count). The van der Waals surface area contributed by atoms with Crippen LogP contribution in [-0.2, 0) is 13.5 Å². The number of benzene rings is 1. The minimum atomic E-state index is 0.134. The van der Waals surface area contributed by atoms with Crippen LogP contribution in [-0.4, -0.2) is 21.3 Å². The molecule has 14 heavy (non-hydrogen) atoms. The summed E-state index contributed by atoms with van der Waals surface area (Å²) in [6, 6.07) is 5.93. The molecule has 2 aromatic rings. The highest BCUT2D eigenvalue weighted by Crippen LogP contribution is 2.23. The van der Waals surface area contributed by atoms with Gasteiger partial charge in [0.1, 0.15) is 5.82 Å². The van der Waals surface area contributed by atoms with Gasteiger partial charge in [-0.15, -0.1) is 0 Å². The molecule has 0 amide bonds. The van der Waals surface area contributed by atoms with Gasteiger partial charge in [0, 0.05) is 17.9 Å². The maximum Gasteiger partial charge on any atom is 0.111 e. The fraction of sp³-hybridized carbons (Fsp3) is 0.300. The number of nitrogens with zero attached hydrogens (tertiary/aromatic N) is 2. The number of imidazole rings is 1. The number of aryl methyl sites for hydroxylation is 1. The van der Waals surface area contributed by atoms with E-state index in [0.29, 0.717) is 6.42 Å². The van der Waals surface area contributed by atoms with Crippen molar-refractivity contribution in [2.24, 2.45) is 7.05 Å². The molecule has 0 radical (unpaired) electrons. The van der Waals surface area contributed by atoms with Gasteiger partial charge in [-0.05, 0) is 28.1 Å². The van der Waals surface area contributed by atoms with Gasteiger partial charge in [0.05, 0.1) is 17.6 Å². The molecule has 74 valence electrons. The molecular formula is C10H11BrN2O. The van der Waals surface area contributed by atoms with Crippen LogP contribution in [0.25, 0.3) is 11.0 Å². The van der Waals surface area contributed by atoms with E-state index in [9.17, 15) is 0 Å². The monoisotopic (exact) mass is 254 g/mol. The third-order valence-electron chi connectivity index (χ3n) is 2.27. The first kappa shape index (κ1) is 9.68. The lowest BCUT2D eigenvalue weighted by molar-refractivity contribution is 0.295. The first-order valence-corrected chi connectivity index (χ1v) is 5.24. The highest BCUT2D eigenvalue weighted by molar-refractivity contribution is 9.10. The molecule has 0 spiro atoms. The summed E-state index contributed by atoms with van der Waals surface area (Å²) in [6.07, 6.45) is 0.595. The van der Waals surface area contributed by atoms with Crippen molar-refractivity contribution in [1.82, 2.24) is 9.55 Å². The SMILES string of the molecule is Cn1c(CCO)nc2cccc(Br)c21. The first-order valence-electron chi connectivity index (χ1n) is 4.44. The van der Waals surface area contributed by atoms with Crippen LogP contribution in [0.15, 0.2) is 22.7 Å². The Bertz CT molecular complexity index is 464. The average molecular weight is 255 g/mol. The van der Waals surface area contributed by atoms with Crippen molar-refractivity contribution in [1.29, 1.82) is 0 Å². The van der Waals surface area contributed by atoms with Gasteiger partial charge >= 0.3 is 0 Å². The third-order valence-corrected chi connectivity index (χ3v) is 2.91. The quantitative estimate of drug-likeness (QED) is 0.889. The first-order chi connectivity index (χ1) is 6.74. The fourth-order valence-electron chi connectivity index (χ4n) is 1.59. The molecule has 1 aromatic carbocycles. The summed E-state index contributed by atoms with van der Waals surface area (Å²) in [5, 5.41) is 8.87. The van der Waals surface area contributed by atoms with Gasteiger partial charge in [0.25, 0.3) is 0 Å². The molecule has 0 saturated heterocycles. The number of hydrogen-bond donors (Lipinski definition) is 1. The zero-order valence-electron chi connectivity index (χ0n) is 7.87. The van der Waals surface area contributed by atoms with Crippen LogP contribution in [0.3, 0.4) is 0 Å². The molecule has 1 heterocycles. The number of aliphatic hydroxyl groups is 1. The summed E-state index contributed by atoms with van der Waals surface area (Å²) >= 11 is 3.49. The zero-order chi connectivity index (χ0) is 10.1. The molecule has 0 aliphatic heterocycles. The van der Waals surface area contributed by atoms with E-state index < -0.39 is 0 Å². The minimum Gasteiger partial charge on any atom is -0.396 e. The standard InChI is InChI=1S/C10H11BrN2O/c1-13-9(5-6-14)12-8-4-2-3-7(11)10(8)13/h2-4,14H,5-6H2,1H3. The molecule has 1 aromatic heterocycles. The smallest absolute Gasteiger partial charge is 0.111 e. The molecule has 0 bridgehead atoms. The highest BCUT2D eigenvalue weighted by Gasteiger charge is 2.08. The van der Waals surface area contributed by atoms with Gasteiger partial charge in [0.15, 0.2) is 0 Å². The molecule has 1 N–H and O–H groups in total. The predicted molar refractivity (Wildman–Crippen MR) is 59.2 cm³/mol. The van der Waals surface area contributed by atoms with Gasteiger partial charge in [-0.25, -0.2) is 4.98 Å². The molecule has 0 fully saturated rings. The lowest BCUT2D eigenvalue weighted by Gasteiger charge is -2.00. The zero-order valence-corrected chi connectivity index (χ0v) is 9.45. The van der Waals surface area contributed by atoms with Crippen molar-refractivity contribution in [2.75, 3.05) is 6.61 Å². The van der Waals surface area contributed by atoms with Gasteiger partial charge in [0.2, 0.25) is 0 Å². The molecule has 0 saturated carbocycles. The number of aromatic nitrogens is 2. The second kappa shape index (κ2) is 3.71. The summed E-state index contributed by atoms with van der Waals surface area (Å²) in [4.78, 5) is 4.44. The maximum absolute atomic E-state index is 8.87. The van der Waals surface area contributed by atoms with Gasteiger partial charge in [-0.3, -0.25) is 0 Å². The van der Waals surface area contributed by atoms with Gasteiger partial charge in [-0.1, -0.05) is 6.07 Å². The van der Waals surface area contributed by atoms with E-state index in [2.05, 4.69) is 20.9 Å². The van der Waals surface area contributed by atoms with Crippen molar-refractivity contribution >= 4 is 27.0 Å². The minimum absolute atomic E-state index is 0.134. The van der Waals surface area contributed by atoms with Gasteiger partial charge < -0.3 is 9.67 Å². The maximum atomic E-state index is 8.87. The Balaban J connectivity index is 2.68. The largest absolute Gasteiger partial charge is 0.396 e. The molecule has 0 unspecified atom stereocenters. The van der Waals surface area contributed by atoms with E-state index in [1.54, 1.807) is 0 Å². The third kappa shape index (κ3) is 1.44. The lowest BCUT2D eigenvalue weighted by Crippen LogP contribution is -2.00. The van der Waals surface area contributed by atoms with Crippen molar-refractivity contribution in [3.8, 4) is 0 Å². The molecule has 4 heteroatoms. The summed E-state index contributed by atoms with van der Waals surface area (Å²) < 4.78 is 3.05. The fourth-order valence-corrected chi connectivity index (χ4v) is 2.21. The van der Waals surface area contributed by atoms with E-state index in [4.69, 9.17) is 5.11 Å². The molecule has 0 atom stereocenters. The second-order valence-electron chi connectivity index (χ2n) is 3.17. The van der Waals surface area contributed by atoms with E-state index in [0.717, 1.165) is 21.3 Å². The lowest BCUT2D eigenvalue weighted by atomic mass is 10.3. The van der Waals surface area contributed by atoms with Crippen molar-refractivity contribution < 1.29 is 5.11 Å². The van der Waals surface area contributed by atoms with E-state index >= 15 is 0 Å². The Labute approximate surface area is 90.5 Å². The van der Waals surface area contributed by atoms with E-state index in [1.165, 1.54) is 0 Å². The predicted octanol–water partition coefficient (Wildman–Crippen LogP) is 1.87. The normalized spacial score (nSPS) is 11.1. The number of halogens is 1. The van der Waals surface area contributed by atoms with E-state index in [1.807, 2.05) is 29.8 Å². The summed E-state index contributed by atoms with van der Waals surface area (Å²) in [7, 11) is 1.96. The Hall–Kier alpha value is -0.870. The van der Waals surface area contributed by atoms with Crippen LogP contribution in [0, 0.1) is 0 Å². The molecular weight excluding hydrogens is 244 g/mol. The summed E-state index contributed by atoms with van der Waals surface area (Å²) in [6.45, 7) is 0.134. The summed E-state index contributed by atoms with van der Waals surface area (Å²) in [5.41, 5.74) is 2.04. The van der Waals surface area contributed by atoms with Crippen LogP contribution < -0.4 is 0 Å². The molecule has 0 aliphatic rings. The number of fused-ring (bicyclic) bond motifs is 1. The molecule has 0 aliphatic carbocycles. The molecule has 3 nitrogen and oxygen atoms in total.